The second kappa shape index (κ2) is 6.41. The number of nitrogens with zero attached hydrogens (tertiary/aromatic N) is 2. The molecule has 2 rings (SSSR count). The first-order valence-corrected chi connectivity index (χ1v) is 6.78. The first-order chi connectivity index (χ1) is 9.97. The van der Waals surface area contributed by atoms with Crippen molar-refractivity contribution in [1.29, 1.82) is 0 Å². The van der Waals surface area contributed by atoms with Crippen LogP contribution in [0.2, 0.25) is 0 Å². The highest BCUT2D eigenvalue weighted by Gasteiger charge is 2.18. The Kier molecular flexibility index (Phi) is 4.59. The Morgan fingerprint density at radius 2 is 2.10 bits per heavy atom. The van der Waals surface area contributed by atoms with E-state index in [2.05, 4.69) is 10.4 Å². The van der Waals surface area contributed by atoms with E-state index < -0.39 is 6.04 Å². The fourth-order valence-corrected chi connectivity index (χ4v) is 1.89. The molecule has 112 valence electrons. The molecule has 0 fully saturated rings. The van der Waals surface area contributed by atoms with Gasteiger partial charge in [0, 0.05) is 18.8 Å². The molecule has 0 spiro atoms. The number of carbonyl (C=O) groups excluding carboxylic acids is 1. The van der Waals surface area contributed by atoms with Crippen LogP contribution in [0.15, 0.2) is 36.7 Å². The van der Waals surface area contributed by atoms with E-state index in [0.717, 1.165) is 0 Å². The monoisotopic (exact) mass is 288 g/mol. The molecule has 1 amide bonds. The number of hydrogen-bond donors (Lipinski definition) is 2. The Bertz CT molecular complexity index is 622. The Labute approximate surface area is 123 Å². The van der Waals surface area contributed by atoms with Crippen molar-refractivity contribution in [3.05, 3.63) is 42.2 Å². The number of nitrogens with two attached hydrogens (primary N) is 1. The Morgan fingerprint density at radius 1 is 1.38 bits per heavy atom. The van der Waals surface area contributed by atoms with Gasteiger partial charge >= 0.3 is 0 Å². The molecule has 1 unspecified atom stereocenters. The molecule has 0 saturated carbocycles. The molecular weight excluding hydrogens is 268 g/mol. The van der Waals surface area contributed by atoms with E-state index in [9.17, 15) is 4.79 Å². The van der Waals surface area contributed by atoms with Crippen molar-refractivity contribution in [2.24, 2.45) is 12.8 Å². The van der Waals surface area contributed by atoms with Gasteiger partial charge in [-0.05, 0) is 26.0 Å². The number of aromatic nitrogens is 2. The molecular formula is C15H20N4O2. The van der Waals surface area contributed by atoms with Gasteiger partial charge in [-0.2, -0.15) is 5.10 Å². The largest absolute Gasteiger partial charge is 0.489 e. The minimum absolute atomic E-state index is 0.0232. The molecule has 6 heteroatoms. The Hall–Kier alpha value is -2.34. The van der Waals surface area contributed by atoms with Crippen molar-refractivity contribution in [3.8, 4) is 5.75 Å². The molecule has 21 heavy (non-hydrogen) atoms. The number of aryl methyl sites for hydroxylation is 1. The van der Waals surface area contributed by atoms with Crippen LogP contribution in [0.1, 0.15) is 25.5 Å². The van der Waals surface area contributed by atoms with Crippen molar-refractivity contribution in [2.75, 3.05) is 5.32 Å². The molecule has 1 heterocycles. The maximum Gasteiger partial charge on any atom is 0.246 e. The first kappa shape index (κ1) is 15.1. The number of ether oxygens (including phenoxy) is 1. The number of carbonyl (C=O) groups is 1. The zero-order chi connectivity index (χ0) is 15.4. The molecule has 3 N–H and O–H groups in total. The molecule has 1 atom stereocenters. The number of para-hydroxylation sites is 2. The standard InChI is InChI=1S/C15H20N4O2/c1-10(2)21-13-7-5-4-6-12(13)18-15(20)14(16)11-8-17-19(3)9-11/h4-10,14H,16H2,1-3H3,(H,18,20). The summed E-state index contributed by atoms with van der Waals surface area (Å²) in [7, 11) is 1.78. The fraction of sp³-hybridized carbons (Fsp3) is 0.333. The molecule has 2 aromatic rings. The first-order valence-electron chi connectivity index (χ1n) is 6.78. The summed E-state index contributed by atoms with van der Waals surface area (Å²) in [4.78, 5) is 12.2. The molecule has 0 bridgehead atoms. The third kappa shape index (κ3) is 3.82. The lowest BCUT2D eigenvalue weighted by molar-refractivity contribution is -0.117. The molecule has 6 nitrogen and oxygen atoms in total. The van der Waals surface area contributed by atoms with Gasteiger partial charge in [-0.15, -0.1) is 0 Å². The lowest BCUT2D eigenvalue weighted by atomic mass is 10.1. The number of nitrogens with one attached hydrogen (secondary N) is 1. The van der Waals surface area contributed by atoms with Crippen LogP contribution < -0.4 is 15.8 Å². The Morgan fingerprint density at radius 3 is 2.71 bits per heavy atom. The summed E-state index contributed by atoms with van der Waals surface area (Å²) in [5.74, 6) is 0.321. The van der Waals surface area contributed by atoms with Crippen molar-refractivity contribution in [2.45, 2.75) is 26.0 Å². The van der Waals surface area contributed by atoms with E-state index in [1.54, 1.807) is 30.2 Å². The normalized spacial score (nSPS) is 12.2. The predicted molar refractivity (Wildman–Crippen MR) is 81.0 cm³/mol. The van der Waals surface area contributed by atoms with Crippen molar-refractivity contribution in [1.82, 2.24) is 9.78 Å². The van der Waals surface area contributed by atoms with Crippen LogP contribution in [0.25, 0.3) is 0 Å². The molecule has 1 aromatic heterocycles. The highest BCUT2D eigenvalue weighted by atomic mass is 16.5. The van der Waals surface area contributed by atoms with Gasteiger partial charge < -0.3 is 15.8 Å². The lowest BCUT2D eigenvalue weighted by Crippen LogP contribution is -2.27. The SMILES string of the molecule is CC(C)Oc1ccccc1NC(=O)C(N)c1cnn(C)c1. The maximum absolute atomic E-state index is 12.2. The zero-order valence-corrected chi connectivity index (χ0v) is 12.4. The quantitative estimate of drug-likeness (QED) is 0.879. The van der Waals surface area contributed by atoms with Gasteiger partial charge in [-0.25, -0.2) is 0 Å². The van der Waals surface area contributed by atoms with Gasteiger partial charge in [-0.3, -0.25) is 9.48 Å². The van der Waals surface area contributed by atoms with E-state index in [1.807, 2.05) is 32.0 Å². The highest BCUT2D eigenvalue weighted by molar-refractivity contribution is 5.96. The van der Waals surface area contributed by atoms with E-state index in [4.69, 9.17) is 10.5 Å². The third-order valence-electron chi connectivity index (χ3n) is 2.87. The van der Waals surface area contributed by atoms with Crippen LogP contribution in [0.5, 0.6) is 5.75 Å². The van der Waals surface area contributed by atoms with Crippen LogP contribution in [-0.2, 0) is 11.8 Å². The molecule has 1 aromatic carbocycles. The number of hydrogen-bond acceptors (Lipinski definition) is 4. The molecule has 0 radical (unpaired) electrons. The summed E-state index contributed by atoms with van der Waals surface area (Å²) in [5, 5.41) is 6.81. The van der Waals surface area contributed by atoms with Crippen LogP contribution in [0.4, 0.5) is 5.69 Å². The van der Waals surface area contributed by atoms with Gasteiger partial charge in [-0.1, -0.05) is 12.1 Å². The van der Waals surface area contributed by atoms with Crippen molar-refractivity contribution < 1.29 is 9.53 Å². The molecule has 0 aliphatic heterocycles. The van der Waals surface area contributed by atoms with Crippen molar-refractivity contribution >= 4 is 11.6 Å². The van der Waals surface area contributed by atoms with Gasteiger partial charge in [0.2, 0.25) is 5.91 Å². The van der Waals surface area contributed by atoms with E-state index in [-0.39, 0.29) is 12.0 Å². The summed E-state index contributed by atoms with van der Waals surface area (Å²) < 4.78 is 7.27. The van der Waals surface area contributed by atoms with Gasteiger partial charge in [0.05, 0.1) is 18.0 Å². The predicted octanol–water partition coefficient (Wildman–Crippen LogP) is 1.85. The van der Waals surface area contributed by atoms with Gasteiger partial charge in [0.15, 0.2) is 0 Å². The highest BCUT2D eigenvalue weighted by Crippen LogP contribution is 2.25. The van der Waals surface area contributed by atoms with E-state index in [0.29, 0.717) is 17.0 Å². The van der Waals surface area contributed by atoms with Gasteiger partial charge in [0.25, 0.3) is 0 Å². The van der Waals surface area contributed by atoms with Crippen LogP contribution >= 0.6 is 0 Å². The van der Waals surface area contributed by atoms with E-state index >= 15 is 0 Å². The van der Waals surface area contributed by atoms with Crippen LogP contribution in [-0.4, -0.2) is 21.8 Å². The molecule has 0 aliphatic carbocycles. The third-order valence-corrected chi connectivity index (χ3v) is 2.87. The van der Waals surface area contributed by atoms with E-state index in [1.165, 1.54) is 0 Å². The smallest absolute Gasteiger partial charge is 0.246 e. The average Bonchev–Trinajstić information content (AvgIpc) is 2.86. The number of amides is 1. The fourth-order valence-electron chi connectivity index (χ4n) is 1.89. The zero-order valence-electron chi connectivity index (χ0n) is 12.4. The lowest BCUT2D eigenvalue weighted by Gasteiger charge is -2.16. The summed E-state index contributed by atoms with van der Waals surface area (Å²) in [6.07, 6.45) is 3.33. The second-order valence-corrected chi connectivity index (χ2v) is 5.08. The average molecular weight is 288 g/mol. The number of rotatable bonds is 5. The summed E-state index contributed by atoms with van der Waals surface area (Å²) >= 11 is 0. The second-order valence-electron chi connectivity index (χ2n) is 5.08. The van der Waals surface area contributed by atoms with Gasteiger partial charge in [0.1, 0.15) is 11.8 Å². The topological polar surface area (TPSA) is 82.2 Å². The van der Waals surface area contributed by atoms with Crippen molar-refractivity contribution in [3.63, 3.8) is 0 Å². The number of anilines is 1. The van der Waals surface area contributed by atoms with Crippen LogP contribution in [0, 0.1) is 0 Å². The summed E-state index contributed by atoms with van der Waals surface area (Å²) in [5.41, 5.74) is 7.22. The Balaban J connectivity index is 2.12. The van der Waals surface area contributed by atoms with Crippen LogP contribution in [0.3, 0.4) is 0 Å². The minimum Gasteiger partial charge on any atom is -0.489 e. The minimum atomic E-state index is -0.772. The maximum atomic E-state index is 12.2. The number of benzene rings is 1. The molecule has 0 saturated heterocycles. The summed E-state index contributed by atoms with van der Waals surface area (Å²) in [6.45, 7) is 3.86. The summed E-state index contributed by atoms with van der Waals surface area (Å²) in [6, 6.07) is 6.51. The molecule has 0 aliphatic rings.